The number of carboxylic acids is 1. The summed E-state index contributed by atoms with van der Waals surface area (Å²) < 4.78 is 0. The first-order valence-electron chi connectivity index (χ1n) is 9.65. The number of nitrogens with one attached hydrogen (secondary N) is 2. The molecule has 5 nitrogen and oxygen atoms in total. The highest BCUT2D eigenvalue weighted by molar-refractivity contribution is 7.17. The predicted molar refractivity (Wildman–Crippen MR) is 105 cm³/mol. The molecule has 0 spiro atoms. The predicted octanol–water partition coefficient (Wildman–Crippen LogP) is 3.93. The van der Waals surface area contributed by atoms with Crippen molar-refractivity contribution in [1.29, 1.82) is 0 Å². The number of aryl methyl sites for hydroxylation is 1. The molecule has 0 aliphatic heterocycles. The number of thiophene rings is 1. The summed E-state index contributed by atoms with van der Waals surface area (Å²) >= 11 is 1.47. The third-order valence-corrected chi connectivity index (χ3v) is 7.14. The van der Waals surface area contributed by atoms with E-state index in [0.717, 1.165) is 55.5 Å². The summed E-state index contributed by atoms with van der Waals surface area (Å²) in [6.07, 6.45) is 6.90. The highest BCUT2D eigenvalue weighted by atomic mass is 32.1. The fourth-order valence-electron chi connectivity index (χ4n) is 4.50. The van der Waals surface area contributed by atoms with Gasteiger partial charge >= 0.3 is 5.97 Å². The van der Waals surface area contributed by atoms with Crippen LogP contribution in [-0.4, -0.2) is 30.6 Å². The van der Waals surface area contributed by atoms with Gasteiger partial charge in [-0.2, -0.15) is 0 Å². The topological polar surface area (TPSA) is 78.4 Å². The molecule has 26 heavy (non-hydrogen) atoms. The lowest BCUT2D eigenvalue weighted by atomic mass is 9.76. The third-order valence-electron chi connectivity index (χ3n) is 5.94. The maximum Gasteiger partial charge on any atom is 0.339 e. The summed E-state index contributed by atoms with van der Waals surface area (Å²) in [5.41, 5.74) is 1.37. The van der Waals surface area contributed by atoms with E-state index in [-0.39, 0.29) is 17.2 Å². The van der Waals surface area contributed by atoms with Gasteiger partial charge in [0.1, 0.15) is 5.00 Å². The van der Waals surface area contributed by atoms with Gasteiger partial charge in [0, 0.05) is 10.8 Å². The van der Waals surface area contributed by atoms with Crippen LogP contribution < -0.4 is 10.6 Å². The van der Waals surface area contributed by atoms with Crippen LogP contribution >= 0.6 is 11.3 Å². The number of amides is 1. The average Bonchev–Trinajstić information content (AvgIpc) is 2.91. The Morgan fingerprint density at radius 3 is 2.69 bits per heavy atom. The van der Waals surface area contributed by atoms with Crippen molar-refractivity contribution in [3.63, 3.8) is 0 Å². The Morgan fingerprint density at radius 2 is 2.00 bits per heavy atom. The molecule has 3 rings (SSSR count). The maximum atomic E-state index is 12.9. The zero-order valence-electron chi connectivity index (χ0n) is 16.0. The van der Waals surface area contributed by atoms with Gasteiger partial charge in [-0.3, -0.25) is 4.79 Å². The van der Waals surface area contributed by atoms with Crippen molar-refractivity contribution < 1.29 is 14.7 Å². The standard InChI is InChI=1S/C20H30N2O3S/c1-20(2)9-8-15-14(10-20)16(19(24)25)18(26-15)22-17(23)13-7-5-4-6-12(13)11-21-3/h12-13,21H,4-11H2,1-3H3,(H,22,23)(H,24,25)/t12-,13-/m1/s1. The maximum absolute atomic E-state index is 12.9. The van der Waals surface area contributed by atoms with Crippen LogP contribution in [0.15, 0.2) is 0 Å². The van der Waals surface area contributed by atoms with Crippen LogP contribution in [0.3, 0.4) is 0 Å². The number of aromatic carboxylic acids is 1. The monoisotopic (exact) mass is 378 g/mol. The van der Waals surface area contributed by atoms with Crippen molar-refractivity contribution in [2.24, 2.45) is 17.3 Å². The quantitative estimate of drug-likeness (QED) is 0.725. The minimum absolute atomic E-state index is 0.00897. The number of carbonyl (C=O) groups is 2. The lowest BCUT2D eigenvalue weighted by molar-refractivity contribution is -0.122. The Labute approximate surface area is 159 Å². The molecule has 0 unspecified atom stereocenters. The number of anilines is 1. The minimum Gasteiger partial charge on any atom is -0.478 e. The number of carbonyl (C=O) groups excluding carboxylic acids is 1. The smallest absolute Gasteiger partial charge is 0.339 e. The molecular formula is C20H30N2O3S. The molecule has 6 heteroatoms. The van der Waals surface area contributed by atoms with Crippen LogP contribution in [0.5, 0.6) is 0 Å². The largest absolute Gasteiger partial charge is 0.478 e. The normalized spacial score (nSPS) is 24.7. The van der Waals surface area contributed by atoms with E-state index in [1.165, 1.54) is 17.8 Å². The zero-order valence-corrected chi connectivity index (χ0v) is 16.8. The summed E-state index contributed by atoms with van der Waals surface area (Å²) in [4.78, 5) is 26.0. The molecule has 1 aromatic heterocycles. The second-order valence-corrected chi connectivity index (χ2v) is 9.66. The third kappa shape index (κ3) is 3.96. The van der Waals surface area contributed by atoms with E-state index in [0.29, 0.717) is 16.5 Å². The number of rotatable bonds is 5. The van der Waals surface area contributed by atoms with Crippen LogP contribution in [0, 0.1) is 17.3 Å². The van der Waals surface area contributed by atoms with Crippen LogP contribution in [0.2, 0.25) is 0 Å². The summed E-state index contributed by atoms with van der Waals surface area (Å²) in [6.45, 7) is 5.20. The van der Waals surface area contributed by atoms with E-state index < -0.39 is 5.97 Å². The first-order chi connectivity index (χ1) is 12.3. The zero-order chi connectivity index (χ0) is 18.9. The minimum atomic E-state index is -0.925. The number of hydrogen-bond acceptors (Lipinski definition) is 4. The Balaban J connectivity index is 1.84. The molecule has 0 bridgehead atoms. The summed E-state index contributed by atoms with van der Waals surface area (Å²) in [5.74, 6) is -0.639. The van der Waals surface area contributed by atoms with Gasteiger partial charge in [0.25, 0.3) is 0 Å². The molecule has 2 aliphatic rings. The van der Waals surface area contributed by atoms with Gasteiger partial charge in [-0.1, -0.05) is 26.7 Å². The van der Waals surface area contributed by atoms with Crippen molar-refractivity contribution in [2.75, 3.05) is 18.9 Å². The molecule has 1 saturated carbocycles. The van der Waals surface area contributed by atoms with Crippen molar-refractivity contribution in [2.45, 2.75) is 58.8 Å². The lowest BCUT2D eigenvalue weighted by Crippen LogP contribution is -2.36. The molecular weight excluding hydrogens is 348 g/mol. The van der Waals surface area contributed by atoms with Gasteiger partial charge in [-0.25, -0.2) is 4.79 Å². The molecule has 0 saturated heterocycles. The Kier molecular flexibility index (Phi) is 5.72. The van der Waals surface area contributed by atoms with Crippen molar-refractivity contribution in [3.8, 4) is 0 Å². The first kappa shape index (κ1) is 19.4. The molecule has 1 aromatic rings. The van der Waals surface area contributed by atoms with E-state index in [4.69, 9.17) is 0 Å². The summed E-state index contributed by atoms with van der Waals surface area (Å²) in [5, 5.41) is 16.5. The number of carboxylic acid groups (broad SMARTS) is 1. The fourth-order valence-corrected chi connectivity index (χ4v) is 5.71. The number of hydrogen-bond donors (Lipinski definition) is 3. The van der Waals surface area contributed by atoms with Crippen molar-refractivity contribution >= 4 is 28.2 Å². The van der Waals surface area contributed by atoms with Crippen LogP contribution in [0.4, 0.5) is 5.00 Å². The van der Waals surface area contributed by atoms with E-state index in [9.17, 15) is 14.7 Å². The van der Waals surface area contributed by atoms with Crippen LogP contribution in [0.25, 0.3) is 0 Å². The Morgan fingerprint density at radius 1 is 1.27 bits per heavy atom. The second-order valence-electron chi connectivity index (χ2n) is 8.55. The molecule has 0 radical (unpaired) electrons. The lowest BCUT2D eigenvalue weighted by Gasteiger charge is -2.30. The second kappa shape index (κ2) is 7.69. The average molecular weight is 379 g/mol. The van der Waals surface area contributed by atoms with Crippen LogP contribution in [0.1, 0.15) is 66.8 Å². The van der Waals surface area contributed by atoms with Crippen molar-refractivity contribution in [1.82, 2.24) is 5.32 Å². The van der Waals surface area contributed by atoms with E-state index in [2.05, 4.69) is 24.5 Å². The van der Waals surface area contributed by atoms with Gasteiger partial charge in [0.15, 0.2) is 0 Å². The fraction of sp³-hybridized carbons (Fsp3) is 0.700. The van der Waals surface area contributed by atoms with Gasteiger partial charge in [0.2, 0.25) is 5.91 Å². The molecule has 3 N–H and O–H groups in total. The van der Waals surface area contributed by atoms with Crippen LogP contribution in [-0.2, 0) is 17.6 Å². The molecule has 2 atom stereocenters. The number of fused-ring (bicyclic) bond motifs is 1. The summed E-state index contributed by atoms with van der Waals surface area (Å²) in [6, 6.07) is 0. The van der Waals surface area contributed by atoms with E-state index in [1.807, 2.05) is 7.05 Å². The highest BCUT2D eigenvalue weighted by Crippen LogP contribution is 2.44. The summed E-state index contributed by atoms with van der Waals surface area (Å²) in [7, 11) is 1.92. The molecule has 0 aromatic carbocycles. The Bertz CT molecular complexity index is 693. The molecule has 1 fully saturated rings. The van der Waals surface area contributed by atoms with Gasteiger partial charge in [-0.05, 0) is 62.6 Å². The SMILES string of the molecule is CNC[C@H]1CCCC[C@H]1C(=O)Nc1sc2c(c1C(=O)O)CC(C)(C)CC2. The molecule has 1 heterocycles. The molecule has 1 amide bonds. The van der Waals surface area contributed by atoms with Crippen molar-refractivity contribution in [3.05, 3.63) is 16.0 Å². The van der Waals surface area contributed by atoms with Gasteiger partial charge < -0.3 is 15.7 Å². The molecule has 2 aliphatic carbocycles. The highest BCUT2D eigenvalue weighted by Gasteiger charge is 2.35. The van der Waals surface area contributed by atoms with E-state index in [1.54, 1.807) is 0 Å². The van der Waals surface area contributed by atoms with E-state index >= 15 is 0 Å². The molecule has 144 valence electrons. The Hall–Kier alpha value is -1.40. The first-order valence-corrected chi connectivity index (χ1v) is 10.5. The van der Waals surface area contributed by atoms with Gasteiger partial charge in [-0.15, -0.1) is 11.3 Å². The van der Waals surface area contributed by atoms with Gasteiger partial charge in [0.05, 0.1) is 5.56 Å².